The van der Waals surface area contributed by atoms with E-state index >= 15 is 0 Å². The number of aliphatic carboxylic acids is 1. The van der Waals surface area contributed by atoms with E-state index in [0.717, 1.165) is 45.1 Å². The number of hydrogen-bond donors (Lipinski definition) is 2. The lowest BCUT2D eigenvalue weighted by Gasteiger charge is -2.31. The molecule has 0 aliphatic carbocycles. The van der Waals surface area contributed by atoms with E-state index in [1.54, 1.807) is 0 Å². The molecule has 2 rings (SSSR count). The van der Waals surface area contributed by atoms with Gasteiger partial charge in [-0.15, -0.1) is 0 Å². The summed E-state index contributed by atoms with van der Waals surface area (Å²) < 4.78 is 5.34. The molecule has 1 aliphatic rings. The van der Waals surface area contributed by atoms with Crippen LogP contribution in [0.1, 0.15) is 6.42 Å². The van der Waals surface area contributed by atoms with Crippen molar-refractivity contribution in [3.05, 3.63) is 24.3 Å². The van der Waals surface area contributed by atoms with Crippen molar-refractivity contribution in [1.82, 2.24) is 4.90 Å². The molecule has 1 aromatic rings. The molecular weight excluding hydrogens is 270 g/mol. The van der Waals surface area contributed by atoms with E-state index in [0.29, 0.717) is 12.2 Å². The fourth-order valence-electron chi connectivity index (χ4n) is 2.45. The number of nitrogens with two attached hydrogens (primary N) is 1. The third-order valence-corrected chi connectivity index (χ3v) is 3.66. The highest BCUT2D eigenvalue weighted by atomic mass is 16.5. The first kappa shape index (κ1) is 15.6. The fourth-order valence-corrected chi connectivity index (χ4v) is 2.45. The Hall–Kier alpha value is -1.79. The lowest BCUT2D eigenvalue weighted by Crippen LogP contribution is -2.42. The highest BCUT2D eigenvalue weighted by Crippen LogP contribution is 2.22. The quantitative estimate of drug-likeness (QED) is 0.727. The average molecular weight is 293 g/mol. The van der Waals surface area contributed by atoms with Gasteiger partial charge in [0.25, 0.3) is 0 Å². The maximum Gasteiger partial charge on any atom is 0.305 e. The predicted molar refractivity (Wildman–Crippen MR) is 82.6 cm³/mol. The number of morpholine rings is 1. The molecule has 1 saturated heterocycles. The van der Waals surface area contributed by atoms with Gasteiger partial charge in [0.05, 0.1) is 31.0 Å². The van der Waals surface area contributed by atoms with E-state index in [1.807, 2.05) is 24.3 Å². The van der Waals surface area contributed by atoms with E-state index in [4.69, 9.17) is 15.6 Å². The number of nitrogens with zero attached hydrogens (tertiary/aromatic N) is 2. The Morgan fingerprint density at radius 1 is 1.29 bits per heavy atom. The van der Waals surface area contributed by atoms with Crippen molar-refractivity contribution in [3.8, 4) is 0 Å². The summed E-state index contributed by atoms with van der Waals surface area (Å²) in [6, 6.07) is 7.60. The largest absolute Gasteiger partial charge is 0.481 e. The minimum Gasteiger partial charge on any atom is -0.481 e. The number of anilines is 2. The summed E-state index contributed by atoms with van der Waals surface area (Å²) in [5, 5.41) is 8.91. The minimum atomic E-state index is -0.791. The van der Waals surface area contributed by atoms with Crippen molar-refractivity contribution in [1.29, 1.82) is 0 Å². The van der Waals surface area contributed by atoms with Gasteiger partial charge in [-0.3, -0.25) is 9.69 Å². The summed E-state index contributed by atoms with van der Waals surface area (Å²) in [6.45, 7) is 5.51. The van der Waals surface area contributed by atoms with E-state index in [2.05, 4.69) is 9.80 Å². The van der Waals surface area contributed by atoms with Crippen LogP contribution < -0.4 is 10.6 Å². The lowest BCUT2D eigenvalue weighted by atomic mass is 10.2. The summed E-state index contributed by atoms with van der Waals surface area (Å²) in [5.41, 5.74) is 7.61. The normalized spacial score (nSPS) is 15.8. The second-order valence-electron chi connectivity index (χ2n) is 5.14. The summed E-state index contributed by atoms with van der Waals surface area (Å²) in [5.74, 6) is -0.791. The first-order chi connectivity index (χ1) is 10.2. The van der Waals surface area contributed by atoms with Crippen molar-refractivity contribution in [3.63, 3.8) is 0 Å². The van der Waals surface area contributed by atoms with Gasteiger partial charge in [0.2, 0.25) is 0 Å². The highest BCUT2D eigenvalue weighted by Gasteiger charge is 2.15. The number of benzene rings is 1. The Balaban J connectivity index is 1.97. The molecule has 6 nitrogen and oxygen atoms in total. The van der Waals surface area contributed by atoms with Crippen LogP contribution in [0.15, 0.2) is 24.3 Å². The van der Waals surface area contributed by atoms with Gasteiger partial charge in [-0.2, -0.15) is 0 Å². The van der Waals surface area contributed by atoms with Crippen LogP contribution in [0.4, 0.5) is 11.4 Å². The van der Waals surface area contributed by atoms with Crippen LogP contribution in [0.2, 0.25) is 0 Å². The molecule has 1 heterocycles. The number of carbonyl (C=O) groups is 1. The molecule has 0 spiro atoms. The molecular formula is C15H23N3O3. The summed E-state index contributed by atoms with van der Waals surface area (Å²) in [7, 11) is 0. The van der Waals surface area contributed by atoms with Crippen LogP contribution in [0.5, 0.6) is 0 Å². The molecule has 6 heteroatoms. The third-order valence-electron chi connectivity index (χ3n) is 3.66. The summed E-state index contributed by atoms with van der Waals surface area (Å²) in [4.78, 5) is 15.2. The zero-order chi connectivity index (χ0) is 15.1. The van der Waals surface area contributed by atoms with Gasteiger partial charge in [-0.05, 0) is 12.1 Å². The molecule has 3 N–H and O–H groups in total. The number of nitrogen functional groups attached to an aromatic ring is 1. The predicted octanol–water partition coefficient (Wildman–Crippen LogP) is 0.882. The standard InChI is InChI=1S/C15H23N3O3/c16-13-3-1-2-4-14(13)18(6-5-15(19)20)8-7-17-9-11-21-12-10-17/h1-4H,5-12,16H2,(H,19,20). The number of para-hydroxylation sites is 2. The van der Waals surface area contributed by atoms with Crippen LogP contribution in [0, 0.1) is 0 Å². The fraction of sp³-hybridized carbons (Fsp3) is 0.533. The van der Waals surface area contributed by atoms with Crippen LogP contribution >= 0.6 is 0 Å². The Kier molecular flexibility index (Phi) is 5.83. The topological polar surface area (TPSA) is 79.0 Å². The van der Waals surface area contributed by atoms with Crippen molar-refractivity contribution in [2.45, 2.75) is 6.42 Å². The Morgan fingerprint density at radius 2 is 2.00 bits per heavy atom. The maximum absolute atomic E-state index is 10.8. The molecule has 0 bridgehead atoms. The van der Waals surface area contributed by atoms with Crippen LogP contribution in [0.3, 0.4) is 0 Å². The van der Waals surface area contributed by atoms with Gasteiger partial charge in [-0.25, -0.2) is 0 Å². The molecule has 1 aliphatic heterocycles. The Morgan fingerprint density at radius 3 is 2.67 bits per heavy atom. The van der Waals surface area contributed by atoms with Crippen molar-refractivity contribution in [2.24, 2.45) is 0 Å². The van der Waals surface area contributed by atoms with Gasteiger partial charge in [-0.1, -0.05) is 12.1 Å². The highest BCUT2D eigenvalue weighted by molar-refractivity contribution is 5.70. The van der Waals surface area contributed by atoms with E-state index in [9.17, 15) is 4.79 Å². The van der Waals surface area contributed by atoms with Crippen LogP contribution in [-0.4, -0.2) is 61.9 Å². The molecule has 0 saturated carbocycles. The Bertz CT molecular complexity index is 461. The number of carboxylic acids is 1. The zero-order valence-electron chi connectivity index (χ0n) is 12.2. The molecule has 1 aromatic carbocycles. The molecule has 21 heavy (non-hydrogen) atoms. The molecule has 0 atom stereocenters. The van der Waals surface area contributed by atoms with E-state index in [-0.39, 0.29) is 6.42 Å². The zero-order valence-corrected chi connectivity index (χ0v) is 12.2. The molecule has 116 valence electrons. The molecule has 0 amide bonds. The summed E-state index contributed by atoms with van der Waals surface area (Å²) >= 11 is 0. The number of ether oxygens (including phenoxy) is 1. The minimum absolute atomic E-state index is 0.109. The van der Waals surface area contributed by atoms with Crippen LogP contribution in [-0.2, 0) is 9.53 Å². The van der Waals surface area contributed by atoms with Gasteiger partial charge in [0, 0.05) is 32.7 Å². The second kappa shape index (κ2) is 7.85. The summed E-state index contributed by atoms with van der Waals surface area (Å²) in [6.07, 6.45) is 0.109. The average Bonchev–Trinajstić information content (AvgIpc) is 2.49. The number of carboxylic acid groups (broad SMARTS) is 1. The molecule has 0 unspecified atom stereocenters. The second-order valence-corrected chi connectivity index (χ2v) is 5.14. The molecule has 1 fully saturated rings. The monoisotopic (exact) mass is 293 g/mol. The lowest BCUT2D eigenvalue weighted by molar-refractivity contribution is -0.136. The SMILES string of the molecule is Nc1ccccc1N(CCC(=O)O)CCN1CCOCC1. The van der Waals surface area contributed by atoms with Crippen molar-refractivity contribution >= 4 is 17.3 Å². The molecule has 0 aromatic heterocycles. The number of rotatable bonds is 7. The number of hydrogen-bond acceptors (Lipinski definition) is 5. The van der Waals surface area contributed by atoms with Gasteiger partial charge in [0.1, 0.15) is 0 Å². The first-order valence-electron chi connectivity index (χ1n) is 7.28. The van der Waals surface area contributed by atoms with E-state index < -0.39 is 5.97 Å². The first-order valence-corrected chi connectivity index (χ1v) is 7.28. The van der Waals surface area contributed by atoms with E-state index in [1.165, 1.54) is 0 Å². The maximum atomic E-state index is 10.8. The van der Waals surface area contributed by atoms with Gasteiger partial charge in [0.15, 0.2) is 0 Å². The molecule has 0 radical (unpaired) electrons. The Labute approximate surface area is 125 Å². The van der Waals surface area contributed by atoms with Gasteiger partial charge >= 0.3 is 5.97 Å². The van der Waals surface area contributed by atoms with Gasteiger partial charge < -0.3 is 20.5 Å². The van der Waals surface area contributed by atoms with Crippen LogP contribution in [0.25, 0.3) is 0 Å². The smallest absolute Gasteiger partial charge is 0.305 e. The van der Waals surface area contributed by atoms with Crippen molar-refractivity contribution in [2.75, 3.05) is 56.6 Å². The van der Waals surface area contributed by atoms with Crippen molar-refractivity contribution < 1.29 is 14.6 Å². The third kappa shape index (κ3) is 4.91.